The number of carbonyl (C=O) groups excluding carboxylic acids is 2. The van der Waals surface area contributed by atoms with E-state index in [9.17, 15) is 31.2 Å². The highest BCUT2D eigenvalue weighted by Crippen LogP contribution is 2.34. The summed E-state index contributed by atoms with van der Waals surface area (Å²) in [7, 11) is -3.02. The third-order valence-electron chi connectivity index (χ3n) is 8.79. The number of benzene rings is 3. The first-order valence-electron chi connectivity index (χ1n) is 15.5. The minimum absolute atomic E-state index is 0.239. The number of amides is 1. The molecule has 1 aliphatic carbocycles. The number of alkyl halides is 3. The number of halogens is 3. The van der Waals surface area contributed by atoms with E-state index in [2.05, 4.69) is 27.6 Å². The Bertz CT molecular complexity index is 1730. The Kier molecular flexibility index (Phi) is 10.5. The van der Waals surface area contributed by atoms with Crippen molar-refractivity contribution < 1.29 is 35.9 Å². The number of sulfonamides is 1. The van der Waals surface area contributed by atoms with E-state index in [0.717, 1.165) is 72.7 Å². The summed E-state index contributed by atoms with van der Waals surface area (Å²) in [5.41, 5.74) is 3.30. The van der Waals surface area contributed by atoms with Gasteiger partial charge >= 0.3 is 12.1 Å². The molecule has 3 aromatic rings. The zero-order chi connectivity index (χ0) is 33.8. The van der Waals surface area contributed by atoms with E-state index in [1.54, 1.807) is 30.3 Å². The number of carbonyl (C=O) groups is 2. The smallest absolute Gasteiger partial charge is 0.416 e. The number of rotatable bonds is 11. The maximum Gasteiger partial charge on any atom is 0.416 e. The van der Waals surface area contributed by atoms with Gasteiger partial charge in [0.2, 0.25) is 15.9 Å². The van der Waals surface area contributed by atoms with Crippen molar-refractivity contribution in [2.75, 3.05) is 20.2 Å². The zero-order valence-corrected chi connectivity index (χ0v) is 26.9. The van der Waals surface area contributed by atoms with Crippen molar-refractivity contribution in [3.63, 3.8) is 0 Å². The molecule has 1 heterocycles. The zero-order valence-electron chi connectivity index (χ0n) is 26.1. The van der Waals surface area contributed by atoms with Gasteiger partial charge in [0.25, 0.3) is 0 Å². The van der Waals surface area contributed by atoms with Crippen LogP contribution in [0.1, 0.15) is 72.0 Å². The summed E-state index contributed by atoms with van der Waals surface area (Å²) in [6, 6.07) is 16.4. The molecule has 1 fully saturated rings. The van der Waals surface area contributed by atoms with E-state index in [0.29, 0.717) is 24.6 Å². The topological polar surface area (TPSA) is 105 Å². The summed E-state index contributed by atoms with van der Waals surface area (Å²) in [4.78, 5) is 27.2. The highest BCUT2D eigenvalue weighted by atomic mass is 32.2. The molecule has 3 aromatic carbocycles. The Morgan fingerprint density at radius 3 is 2.51 bits per heavy atom. The maximum atomic E-state index is 13.4. The molecule has 0 radical (unpaired) electrons. The molecule has 0 unspecified atom stereocenters. The predicted octanol–water partition coefficient (Wildman–Crippen LogP) is 5.96. The predicted molar refractivity (Wildman–Crippen MR) is 171 cm³/mol. The summed E-state index contributed by atoms with van der Waals surface area (Å²) in [6.07, 6.45) is -0.967. The molecule has 1 amide bonds. The van der Waals surface area contributed by atoms with Gasteiger partial charge in [-0.25, -0.2) is 13.1 Å². The minimum atomic E-state index is -4.71. The van der Waals surface area contributed by atoms with Crippen molar-refractivity contribution in [1.82, 2.24) is 14.9 Å². The van der Waals surface area contributed by atoms with Crippen molar-refractivity contribution in [1.29, 1.82) is 0 Å². The molecule has 1 aliphatic heterocycles. The van der Waals surface area contributed by atoms with E-state index in [4.69, 9.17) is 4.74 Å². The standard InChI is InChI=1S/C35H38F3N3O5S/c1-23(22-41-18-8-15-32(41)34(43)46-2)25-16-17-29-26(19-25)11-6-14-30(29)39-33(42)21-31(24-9-4-3-5-10-24)40-47(44,45)28-13-7-12-27(20-28)35(36,37)38/h3-5,7,9-10,12-13,16-17,19-20,30-32,40H,1,6,8,11,14-15,18,21-22H2,2H3,(H,39,42)/t30-,31-,32+/m1/s1. The van der Waals surface area contributed by atoms with Crippen LogP contribution in [0.25, 0.3) is 5.57 Å². The summed E-state index contributed by atoms with van der Waals surface area (Å²) >= 11 is 0. The molecule has 5 rings (SSSR count). The van der Waals surface area contributed by atoms with Gasteiger partial charge in [-0.15, -0.1) is 0 Å². The molecule has 3 atom stereocenters. The SMILES string of the molecule is C=C(CN1CCC[C@H]1C(=O)OC)c1ccc2c(c1)CCC[C@H]2NC(=O)C[C@@H](NS(=O)(=O)c1cccc(C(F)(F)F)c1)c1ccccc1. The molecular weight excluding hydrogens is 631 g/mol. The molecule has 1 saturated heterocycles. The Morgan fingerprint density at radius 2 is 1.79 bits per heavy atom. The lowest BCUT2D eigenvalue weighted by atomic mass is 9.85. The molecule has 0 bridgehead atoms. The second kappa shape index (κ2) is 14.4. The number of fused-ring (bicyclic) bond motifs is 1. The number of nitrogens with zero attached hydrogens (tertiary/aromatic N) is 1. The van der Waals surface area contributed by atoms with Crippen LogP contribution in [0.4, 0.5) is 13.2 Å². The first-order chi connectivity index (χ1) is 22.4. The fourth-order valence-electron chi connectivity index (χ4n) is 6.39. The molecule has 2 N–H and O–H groups in total. The first kappa shape index (κ1) is 34.3. The highest BCUT2D eigenvalue weighted by Gasteiger charge is 2.34. The number of esters is 1. The fourth-order valence-corrected chi connectivity index (χ4v) is 7.66. The summed E-state index contributed by atoms with van der Waals surface area (Å²) in [5, 5.41) is 3.06. The van der Waals surface area contributed by atoms with E-state index >= 15 is 0 Å². The van der Waals surface area contributed by atoms with Gasteiger partial charge in [-0.05, 0) is 84.7 Å². The number of aryl methyl sites for hydroxylation is 1. The summed E-state index contributed by atoms with van der Waals surface area (Å²) in [5.74, 6) is -0.642. The van der Waals surface area contributed by atoms with Crippen molar-refractivity contribution in [2.24, 2.45) is 0 Å². The Labute approximate surface area is 273 Å². The van der Waals surface area contributed by atoms with Crippen LogP contribution in [0.5, 0.6) is 0 Å². The second-order valence-electron chi connectivity index (χ2n) is 12.0. The van der Waals surface area contributed by atoms with Gasteiger partial charge in [-0.2, -0.15) is 13.2 Å². The van der Waals surface area contributed by atoms with Crippen molar-refractivity contribution in [3.8, 4) is 0 Å². The van der Waals surface area contributed by atoms with Crippen molar-refractivity contribution in [3.05, 3.63) is 107 Å². The van der Waals surface area contributed by atoms with Gasteiger partial charge in [0.1, 0.15) is 6.04 Å². The lowest BCUT2D eigenvalue weighted by Crippen LogP contribution is -2.37. The van der Waals surface area contributed by atoms with Gasteiger partial charge in [0, 0.05) is 13.0 Å². The summed E-state index contributed by atoms with van der Waals surface area (Å²) < 4.78 is 73.8. The van der Waals surface area contributed by atoms with E-state index in [-0.39, 0.29) is 24.5 Å². The third kappa shape index (κ3) is 8.30. The lowest BCUT2D eigenvalue weighted by Gasteiger charge is -2.29. The van der Waals surface area contributed by atoms with Crippen LogP contribution in [0.15, 0.2) is 84.3 Å². The molecule has 12 heteroatoms. The molecule has 250 valence electrons. The molecule has 0 aromatic heterocycles. The summed E-state index contributed by atoms with van der Waals surface area (Å²) in [6.45, 7) is 5.61. The molecule has 47 heavy (non-hydrogen) atoms. The minimum Gasteiger partial charge on any atom is -0.468 e. The molecule has 0 saturated carbocycles. The van der Waals surface area contributed by atoms with Gasteiger partial charge in [0.05, 0.1) is 29.7 Å². The Balaban J connectivity index is 1.29. The van der Waals surface area contributed by atoms with Crippen molar-refractivity contribution >= 4 is 27.5 Å². The van der Waals surface area contributed by atoms with E-state index in [1.165, 1.54) is 7.11 Å². The van der Waals surface area contributed by atoms with Crippen LogP contribution in [-0.2, 0) is 36.9 Å². The largest absolute Gasteiger partial charge is 0.468 e. The number of methoxy groups -OCH3 is 1. The molecule has 2 aliphatic rings. The van der Waals surface area contributed by atoms with Crippen LogP contribution in [-0.4, -0.2) is 51.4 Å². The second-order valence-corrected chi connectivity index (χ2v) is 13.7. The van der Waals surface area contributed by atoms with Crippen LogP contribution < -0.4 is 10.0 Å². The van der Waals surface area contributed by atoms with Gasteiger partial charge < -0.3 is 10.1 Å². The monoisotopic (exact) mass is 669 g/mol. The number of nitrogens with one attached hydrogen (secondary N) is 2. The molecule has 8 nitrogen and oxygen atoms in total. The average molecular weight is 670 g/mol. The average Bonchev–Trinajstić information content (AvgIpc) is 3.52. The van der Waals surface area contributed by atoms with Gasteiger partial charge in [-0.1, -0.05) is 61.2 Å². The van der Waals surface area contributed by atoms with Crippen LogP contribution >= 0.6 is 0 Å². The van der Waals surface area contributed by atoms with Crippen LogP contribution in [0, 0.1) is 0 Å². The Hall–Kier alpha value is -4.00. The Morgan fingerprint density at radius 1 is 1.02 bits per heavy atom. The molecule has 0 spiro atoms. The van der Waals surface area contributed by atoms with E-state index in [1.807, 2.05) is 12.1 Å². The highest BCUT2D eigenvalue weighted by molar-refractivity contribution is 7.89. The van der Waals surface area contributed by atoms with Gasteiger partial charge in [0.15, 0.2) is 0 Å². The van der Waals surface area contributed by atoms with Crippen molar-refractivity contribution in [2.45, 2.75) is 67.7 Å². The number of hydrogen-bond donors (Lipinski definition) is 2. The normalized spacial score (nSPS) is 19.1. The number of ether oxygens (including phenoxy) is 1. The van der Waals surface area contributed by atoms with Crippen LogP contribution in [0.2, 0.25) is 0 Å². The molecular formula is C35H38F3N3O5S. The first-order valence-corrected chi connectivity index (χ1v) is 17.0. The number of hydrogen-bond acceptors (Lipinski definition) is 6. The maximum absolute atomic E-state index is 13.4. The number of likely N-dealkylation sites (tertiary alicyclic amines) is 1. The van der Waals surface area contributed by atoms with Gasteiger partial charge in [-0.3, -0.25) is 14.5 Å². The lowest BCUT2D eigenvalue weighted by molar-refractivity contribution is -0.145. The van der Waals surface area contributed by atoms with Crippen LogP contribution in [0.3, 0.4) is 0 Å². The third-order valence-corrected chi connectivity index (χ3v) is 10.3. The quantitative estimate of drug-likeness (QED) is 0.244. The van der Waals surface area contributed by atoms with E-state index < -0.39 is 38.6 Å². The fraction of sp³-hybridized carbons (Fsp3) is 0.371.